The predicted molar refractivity (Wildman–Crippen MR) is 98.7 cm³/mol. The van der Waals surface area contributed by atoms with Crippen LogP contribution < -0.4 is 0 Å². The number of nitriles is 1. The van der Waals surface area contributed by atoms with Crippen LogP contribution in [0.3, 0.4) is 0 Å². The monoisotopic (exact) mass is 350 g/mol. The molecule has 0 radical (unpaired) electrons. The predicted octanol–water partition coefficient (Wildman–Crippen LogP) is 3.10. The van der Waals surface area contributed by atoms with Crippen LogP contribution in [0.15, 0.2) is 48.5 Å². The number of methoxy groups -OCH3 is 1. The molecule has 3 rings (SSSR count). The van der Waals surface area contributed by atoms with Crippen molar-refractivity contribution < 1.29 is 14.3 Å². The summed E-state index contributed by atoms with van der Waals surface area (Å²) in [5, 5.41) is 8.92. The van der Waals surface area contributed by atoms with Crippen LogP contribution in [0.1, 0.15) is 22.3 Å². The number of hydrogen-bond donors (Lipinski definition) is 0. The molecule has 1 fully saturated rings. The van der Waals surface area contributed by atoms with E-state index in [0.29, 0.717) is 37.4 Å². The highest BCUT2D eigenvalue weighted by atomic mass is 16.5. The van der Waals surface area contributed by atoms with E-state index in [9.17, 15) is 4.79 Å². The van der Waals surface area contributed by atoms with Crippen molar-refractivity contribution >= 4 is 5.91 Å². The molecule has 0 bridgehead atoms. The molecule has 5 heteroatoms. The molecule has 1 aliphatic rings. The largest absolute Gasteiger partial charge is 0.385 e. The normalized spacial score (nSPS) is 16.9. The zero-order chi connectivity index (χ0) is 18.4. The second kappa shape index (κ2) is 8.61. The maximum Gasteiger partial charge on any atom is 0.254 e. The van der Waals surface area contributed by atoms with Gasteiger partial charge in [0.05, 0.1) is 24.3 Å². The summed E-state index contributed by atoms with van der Waals surface area (Å²) in [6, 6.07) is 17.1. The number of amides is 1. The minimum atomic E-state index is 0.0196. The Bertz CT molecular complexity index is 796. The lowest BCUT2D eigenvalue weighted by Crippen LogP contribution is -2.45. The second-order valence-corrected chi connectivity index (χ2v) is 6.30. The van der Waals surface area contributed by atoms with Crippen molar-refractivity contribution in [2.45, 2.75) is 12.5 Å². The first-order valence-electron chi connectivity index (χ1n) is 8.71. The van der Waals surface area contributed by atoms with Gasteiger partial charge in [0, 0.05) is 32.4 Å². The minimum absolute atomic E-state index is 0.0196. The molecule has 0 aliphatic carbocycles. The van der Waals surface area contributed by atoms with Crippen molar-refractivity contribution in [1.82, 2.24) is 4.90 Å². The molecule has 1 aliphatic heterocycles. The van der Waals surface area contributed by atoms with Gasteiger partial charge >= 0.3 is 0 Å². The topological polar surface area (TPSA) is 62.6 Å². The number of benzene rings is 2. The van der Waals surface area contributed by atoms with E-state index in [2.05, 4.69) is 6.07 Å². The Morgan fingerprint density at radius 3 is 2.81 bits per heavy atom. The van der Waals surface area contributed by atoms with Crippen LogP contribution in [0.5, 0.6) is 0 Å². The lowest BCUT2D eigenvalue weighted by Gasteiger charge is -2.33. The fraction of sp³-hybridized carbons (Fsp3) is 0.333. The number of carbonyl (C=O) groups excluding carboxylic acids is 1. The number of carbonyl (C=O) groups is 1. The zero-order valence-electron chi connectivity index (χ0n) is 14.9. The van der Waals surface area contributed by atoms with Gasteiger partial charge in [0.1, 0.15) is 0 Å². The van der Waals surface area contributed by atoms with E-state index in [4.69, 9.17) is 14.7 Å². The molecule has 5 nitrogen and oxygen atoms in total. The van der Waals surface area contributed by atoms with Gasteiger partial charge in [-0.15, -0.1) is 0 Å². The van der Waals surface area contributed by atoms with Crippen LogP contribution in [0.4, 0.5) is 0 Å². The molecule has 1 heterocycles. The fourth-order valence-electron chi connectivity index (χ4n) is 3.08. The van der Waals surface area contributed by atoms with E-state index in [1.807, 2.05) is 41.3 Å². The van der Waals surface area contributed by atoms with Gasteiger partial charge in [0.2, 0.25) is 0 Å². The zero-order valence-corrected chi connectivity index (χ0v) is 14.9. The van der Waals surface area contributed by atoms with E-state index in [0.717, 1.165) is 17.5 Å². The Morgan fingerprint density at radius 2 is 2.08 bits per heavy atom. The quantitative estimate of drug-likeness (QED) is 0.831. The Hall–Kier alpha value is -2.68. The van der Waals surface area contributed by atoms with Crippen LogP contribution in [0, 0.1) is 11.3 Å². The van der Waals surface area contributed by atoms with Gasteiger partial charge in [0.25, 0.3) is 5.91 Å². The summed E-state index contributed by atoms with van der Waals surface area (Å²) >= 11 is 0. The van der Waals surface area contributed by atoms with Crippen molar-refractivity contribution in [2.75, 3.05) is 33.4 Å². The van der Waals surface area contributed by atoms with E-state index in [-0.39, 0.29) is 12.0 Å². The SMILES string of the molecule is COCCC1CN(C(=O)c2cccc(-c3ccc(C#N)cc3)c2)CCO1. The van der Waals surface area contributed by atoms with Crippen LogP contribution >= 0.6 is 0 Å². The third-order valence-electron chi connectivity index (χ3n) is 4.53. The molecule has 1 unspecified atom stereocenters. The van der Waals surface area contributed by atoms with Crippen LogP contribution in [0.25, 0.3) is 11.1 Å². The summed E-state index contributed by atoms with van der Waals surface area (Å²) in [7, 11) is 1.67. The Labute approximate surface area is 153 Å². The van der Waals surface area contributed by atoms with E-state index < -0.39 is 0 Å². The fourth-order valence-corrected chi connectivity index (χ4v) is 3.08. The highest BCUT2D eigenvalue weighted by Crippen LogP contribution is 2.22. The summed E-state index contributed by atoms with van der Waals surface area (Å²) in [6.45, 7) is 2.36. The molecule has 1 saturated heterocycles. The average Bonchev–Trinajstić information content (AvgIpc) is 2.72. The molecule has 134 valence electrons. The summed E-state index contributed by atoms with van der Waals surface area (Å²) in [5.74, 6) is 0.0196. The Kier molecular flexibility index (Phi) is 6.00. The molecule has 1 amide bonds. The molecule has 0 saturated carbocycles. The number of hydrogen-bond acceptors (Lipinski definition) is 4. The maximum atomic E-state index is 12.9. The van der Waals surface area contributed by atoms with E-state index in [1.165, 1.54) is 0 Å². The molecule has 1 atom stereocenters. The summed E-state index contributed by atoms with van der Waals surface area (Å²) < 4.78 is 10.8. The van der Waals surface area contributed by atoms with Crippen molar-refractivity contribution in [3.8, 4) is 17.2 Å². The number of rotatable bonds is 5. The molecular formula is C21H22N2O3. The van der Waals surface area contributed by atoms with Gasteiger partial charge in [-0.3, -0.25) is 4.79 Å². The van der Waals surface area contributed by atoms with Gasteiger partial charge in [-0.05, 0) is 41.8 Å². The summed E-state index contributed by atoms with van der Waals surface area (Å²) in [6.07, 6.45) is 0.806. The van der Waals surface area contributed by atoms with Gasteiger partial charge in [-0.1, -0.05) is 24.3 Å². The molecule has 0 N–H and O–H groups in total. The number of morpholine rings is 1. The lowest BCUT2D eigenvalue weighted by molar-refractivity contribution is -0.0332. The second-order valence-electron chi connectivity index (χ2n) is 6.30. The molecule has 0 aromatic heterocycles. The van der Waals surface area contributed by atoms with Crippen molar-refractivity contribution in [2.24, 2.45) is 0 Å². The molecular weight excluding hydrogens is 328 g/mol. The summed E-state index contributed by atoms with van der Waals surface area (Å²) in [4.78, 5) is 14.7. The number of nitrogens with zero attached hydrogens (tertiary/aromatic N) is 2. The highest BCUT2D eigenvalue weighted by molar-refractivity contribution is 5.95. The third-order valence-corrected chi connectivity index (χ3v) is 4.53. The first kappa shape index (κ1) is 18.1. The standard InChI is InChI=1S/C21H22N2O3/c1-25-11-9-20-15-23(10-12-26-20)21(24)19-4-2-3-18(13-19)17-7-5-16(14-22)6-8-17/h2-8,13,20H,9-12,15H2,1H3. The molecule has 0 spiro atoms. The smallest absolute Gasteiger partial charge is 0.254 e. The molecule has 2 aromatic rings. The van der Waals surface area contributed by atoms with Crippen molar-refractivity contribution in [1.29, 1.82) is 5.26 Å². The third kappa shape index (κ3) is 4.29. The molecule has 26 heavy (non-hydrogen) atoms. The van der Waals surface area contributed by atoms with Crippen LogP contribution in [-0.4, -0.2) is 50.3 Å². The van der Waals surface area contributed by atoms with Gasteiger partial charge < -0.3 is 14.4 Å². The van der Waals surface area contributed by atoms with E-state index >= 15 is 0 Å². The Balaban J connectivity index is 1.74. The van der Waals surface area contributed by atoms with Gasteiger partial charge in [-0.25, -0.2) is 0 Å². The molecule has 2 aromatic carbocycles. The van der Waals surface area contributed by atoms with Crippen molar-refractivity contribution in [3.05, 3.63) is 59.7 Å². The minimum Gasteiger partial charge on any atom is -0.385 e. The first-order chi connectivity index (χ1) is 12.7. The lowest BCUT2D eigenvalue weighted by atomic mass is 10.0. The summed E-state index contributed by atoms with van der Waals surface area (Å²) in [5.41, 5.74) is 3.23. The average molecular weight is 350 g/mol. The van der Waals surface area contributed by atoms with Gasteiger partial charge in [-0.2, -0.15) is 5.26 Å². The van der Waals surface area contributed by atoms with Gasteiger partial charge in [0.15, 0.2) is 0 Å². The van der Waals surface area contributed by atoms with E-state index in [1.54, 1.807) is 19.2 Å². The van der Waals surface area contributed by atoms with Crippen LogP contribution in [0.2, 0.25) is 0 Å². The highest BCUT2D eigenvalue weighted by Gasteiger charge is 2.25. The number of ether oxygens (including phenoxy) is 2. The first-order valence-corrected chi connectivity index (χ1v) is 8.71. The Morgan fingerprint density at radius 1 is 1.27 bits per heavy atom. The van der Waals surface area contributed by atoms with Crippen LogP contribution in [-0.2, 0) is 9.47 Å². The van der Waals surface area contributed by atoms with Crippen molar-refractivity contribution in [3.63, 3.8) is 0 Å². The maximum absolute atomic E-state index is 12.9.